The van der Waals surface area contributed by atoms with E-state index < -0.39 is 6.67 Å². The molecule has 0 saturated carbocycles. The highest BCUT2D eigenvalue weighted by molar-refractivity contribution is 5.46. The molecule has 0 amide bonds. The second-order valence-electron chi connectivity index (χ2n) is 2.67. The van der Waals surface area contributed by atoms with Crippen LogP contribution in [0.15, 0.2) is 6.07 Å². The lowest BCUT2D eigenvalue weighted by Crippen LogP contribution is -2.12. The normalized spacial score (nSPS) is 9.93. The molecule has 5 nitrogen and oxygen atoms in total. The number of aryl methyl sites for hydroxylation is 1. The first-order chi connectivity index (χ1) is 6.80. The van der Waals surface area contributed by atoms with Crippen LogP contribution >= 0.6 is 0 Å². The van der Waals surface area contributed by atoms with Crippen molar-refractivity contribution in [2.24, 2.45) is 5.84 Å². The fourth-order valence-corrected chi connectivity index (χ4v) is 0.995. The first-order valence-corrected chi connectivity index (χ1v) is 4.44. The van der Waals surface area contributed by atoms with E-state index >= 15 is 0 Å². The number of hydrogen-bond donors (Lipinski definition) is 3. The molecular weight excluding hydrogens is 185 g/mol. The van der Waals surface area contributed by atoms with Gasteiger partial charge in [-0.25, -0.2) is 20.2 Å². The molecule has 4 N–H and O–H groups in total. The number of nitrogen functional groups attached to an aromatic ring is 1. The van der Waals surface area contributed by atoms with E-state index in [1.165, 1.54) is 0 Å². The Bertz CT molecular complexity index is 269. The van der Waals surface area contributed by atoms with Crippen LogP contribution in [0.1, 0.15) is 12.7 Å². The molecule has 0 aliphatic heterocycles. The molecule has 0 radical (unpaired) electrons. The SMILES string of the molecule is CCc1nc(NN)cc(NCCF)n1. The number of hydrogen-bond acceptors (Lipinski definition) is 5. The van der Waals surface area contributed by atoms with E-state index in [4.69, 9.17) is 5.84 Å². The third kappa shape index (κ3) is 2.81. The van der Waals surface area contributed by atoms with Crippen LogP contribution in [0.3, 0.4) is 0 Å². The minimum absolute atomic E-state index is 0.240. The summed E-state index contributed by atoms with van der Waals surface area (Å²) < 4.78 is 11.9. The molecule has 78 valence electrons. The molecule has 1 aromatic rings. The van der Waals surface area contributed by atoms with Gasteiger partial charge in [-0.05, 0) is 0 Å². The summed E-state index contributed by atoms with van der Waals surface area (Å²) in [6.45, 7) is 1.75. The lowest BCUT2D eigenvalue weighted by Gasteiger charge is -2.07. The van der Waals surface area contributed by atoms with Gasteiger partial charge in [-0.15, -0.1) is 0 Å². The van der Waals surface area contributed by atoms with Crippen LogP contribution in [0.25, 0.3) is 0 Å². The van der Waals surface area contributed by atoms with Crippen molar-refractivity contribution in [2.75, 3.05) is 24.0 Å². The maximum Gasteiger partial charge on any atom is 0.145 e. The summed E-state index contributed by atoms with van der Waals surface area (Å²) in [7, 11) is 0. The first kappa shape index (κ1) is 10.6. The summed E-state index contributed by atoms with van der Waals surface area (Å²) >= 11 is 0. The number of aromatic nitrogens is 2. The zero-order valence-corrected chi connectivity index (χ0v) is 8.05. The van der Waals surface area contributed by atoms with Crippen molar-refractivity contribution in [2.45, 2.75) is 13.3 Å². The number of nitrogens with two attached hydrogens (primary N) is 1. The Morgan fingerprint density at radius 3 is 2.71 bits per heavy atom. The molecule has 0 aliphatic carbocycles. The molecule has 0 atom stereocenters. The van der Waals surface area contributed by atoms with E-state index in [0.29, 0.717) is 23.9 Å². The highest BCUT2D eigenvalue weighted by Gasteiger charge is 2.01. The van der Waals surface area contributed by atoms with Gasteiger partial charge in [-0.1, -0.05) is 6.92 Å². The van der Waals surface area contributed by atoms with E-state index in [1.807, 2.05) is 6.92 Å². The Hall–Kier alpha value is -1.43. The number of halogens is 1. The van der Waals surface area contributed by atoms with Crippen molar-refractivity contribution >= 4 is 11.6 Å². The quantitative estimate of drug-likeness (QED) is 0.481. The van der Waals surface area contributed by atoms with E-state index in [2.05, 4.69) is 20.7 Å². The Kier molecular flexibility index (Phi) is 4.06. The van der Waals surface area contributed by atoms with Gasteiger partial charge in [0.25, 0.3) is 0 Å². The molecule has 0 spiro atoms. The van der Waals surface area contributed by atoms with E-state index in [9.17, 15) is 4.39 Å². The van der Waals surface area contributed by atoms with E-state index in [0.717, 1.165) is 0 Å². The van der Waals surface area contributed by atoms with Gasteiger partial charge < -0.3 is 10.7 Å². The summed E-state index contributed by atoms with van der Waals surface area (Å²) in [5, 5.41) is 2.82. The predicted molar refractivity (Wildman–Crippen MR) is 53.7 cm³/mol. The number of nitrogens with one attached hydrogen (secondary N) is 2. The van der Waals surface area contributed by atoms with Crippen LogP contribution in [0.5, 0.6) is 0 Å². The fraction of sp³-hybridized carbons (Fsp3) is 0.500. The second kappa shape index (κ2) is 5.33. The second-order valence-corrected chi connectivity index (χ2v) is 2.67. The molecule has 1 rings (SSSR count). The van der Waals surface area contributed by atoms with Crippen LogP contribution in [-0.2, 0) is 6.42 Å². The molecule has 1 aromatic heterocycles. The lowest BCUT2D eigenvalue weighted by molar-refractivity contribution is 0.512. The molecule has 1 heterocycles. The van der Waals surface area contributed by atoms with Gasteiger partial charge in [-0.3, -0.25) is 0 Å². The summed E-state index contributed by atoms with van der Waals surface area (Å²) in [5.74, 6) is 7.01. The average Bonchev–Trinajstić information content (AvgIpc) is 2.25. The summed E-state index contributed by atoms with van der Waals surface area (Å²) in [6.07, 6.45) is 0.708. The number of hydrazine groups is 1. The number of alkyl halides is 1. The van der Waals surface area contributed by atoms with Crippen LogP contribution in [0, 0.1) is 0 Å². The Morgan fingerprint density at radius 2 is 2.14 bits per heavy atom. The van der Waals surface area contributed by atoms with Crippen molar-refractivity contribution in [3.8, 4) is 0 Å². The van der Waals surface area contributed by atoms with Crippen molar-refractivity contribution in [3.63, 3.8) is 0 Å². The summed E-state index contributed by atoms with van der Waals surface area (Å²) in [4.78, 5) is 8.25. The van der Waals surface area contributed by atoms with Crippen LogP contribution in [-0.4, -0.2) is 23.2 Å². The fourth-order valence-electron chi connectivity index (χ4n) is 0.995. The molecule has 0 bridgehead atoms. The zero-order valence-electron chi connectivity index (χ0n) is 8.05. The van der Waals surface area contributed by atoms with E-state index in [1.54, 1.807) is 6.07 Å². The number of anilines is 2. The van der Waals surface area contributed by atoms with E-state index in [-0.39, 0.29) is 6.54 Å². The Morgan fingerprint density at radius 1 is 1.43 bits per heavy atom. The van der Waals surface area contributed by atoms with Gasteiger partial charge in [0.05, 0.1) is 0 Å². The topological polar surface area (TPSA) is 75.9 Å². The molecular formula is C8H14FN5. The molecule has 0 aliphatic rings. The maximum atomic E-state index is 11.9. The average molecular weight is 199 g/mol. The molecule has 14 heavy (non-hydrogen) atoms. The third-order valence-corrected chi connectivity index (χ3v) is 1.64. The van der Waals surface area contributed by atoms with Crippen LogP contribution in [0.2, 0.25) is 0 Å². The molecule has 0 unspecified atom stereocenters. The highest BCUT2D eigenvalue weighted by atomic mass is 19.1. The Balaban J connectivity index is 2.81. The maximum absolute atomic E-state index is 11.9. The first-order valence-electron chi connectivity index (χ1n) is 4.44. The molecule has 6 heteroatoms. The standard InChI is InChI=1S/C8H14FN5/c1-2-6-12-7(11-4-3-9)5-8(13-6)14-10/h5H,2-4,10H2,1H3,(H2,11,12,13,14). The molecule has 0 aromatic carbocycles. The van der Waals surface area contributed by atoms with Gasteiger partial charge in [0, 0.05) is 19.0 Å². The lowest BCUT2D eigenvalue weighted by atomic mass is 10.4. The summed E-state index contributed by atoms with van der Waals surface area (Å²) in [6, 6.07) is 1.63. The van der Waals surface area contributed by atoms with Crippen LogP contribution in [0.4, 0.5) is 16.0 Å². The summed E-state index contributed by atoms with van der Waals surface area (Å²) in [5.41, 5.74) is 2.43. The van der Waals surface area contributed by atoms with Crippen molar-refractivity contribution in [3.05, 3.63) is 11.9 Å². The third-order valence-electron chi connectivity index (χ3n) is 1.64. The minimum atomic E-state index is -0.434. The molecule has 0 saturated heterocycles. The largest absolute Gasteiger partial charge is 0.367 e. The Labute approximate surface area is 81.9 Å². The monoisotopic (exact) mass is 199 g/mol. The van der Waals surface area contributed by atoms with Crippen molar-refractivity contribution in [1.29, 1.82) is 0 Å². The van der Waals surface area contributed by atoms with Gasteiger partial charge in [0.1, 0.15) is 24.1 Å². The smallest absolute Gasteiger partial charge is 0.145 e. The van der Waals surface area contributed by atoms with Gasteiger partial charge in [-0.2, -0.15) is 0 Å². The predicted octanol–water partition coefficient (Wildman–Crippen LogP) is 0.706. The number of nitrogens with zero attached hydrogens (tertiary/aromatic N) is 2. The van der Waals surface area contributed by atoms with Gasteiger partial charge in [0.2, 0.25) is 0 Å². The van der Waals surface area contributed by atoms with Gasteiger partial charge in [0.15, 0.2) is 0 Å². The highest BCUT2D eigenvalue weighted by Crippen LogP contribution is 2.10. The number of rotatable bonds is 5. The van der Waals surface area contributed by atoms with Crippen molar-refractivity contribution in [1.82, 2.24) is 9.97 Å². The van der Waals surface area contributed by atoms with Crippen molar-refractivity contribution < 1.29 is 4.39 Å². The minimum Gasteiger partial charge on any atom is -0.367 e. The van der Waals surface area contributed by atoms with Crippen LogP contribution < -0.4 is 16.6 Å². The molecule has 0 fully saturated rings. The van der Waals surface area contributed by atoms with Gasteiger partial charge >= 0.3 is 0 Å². The zero-order chi connectivity index (χ0) is 10.4.